The molecule has 0 aromatic heterocycles. The highest BCUT2D eigenvalue weighted by molar-refractivity contribution is 5.59. The standard InChI is InChI=1S/C10H7F3N2O4/c11-10(12,13)6-3-7(14(16)17)9(5-1-2-5)8(4-6)15(18)19/h3-5H,1-2H2. The predicted molar refractivity (Wildman–Crippen MR) is 56.7 cm³/mol. The Morgan fingerprint density at radius 3 is 1.74 bits per heavy atom. The van der Waals surface area contributed by atoms with E-state index in [1.807, 2.05) is 0 Å². The molecule has 0 aliphatic heterocycles. The molecule has 9 heteroatoms. The molecule has 0 unspecified atom stereocenters. The van der Waals surface area contributed by atoms with Gasteiger partial charge in [-0.25, -0.2) is 0 Å². The molecule has 0 amide bonds. The first-order chi connectivity index (χ1) is 8.71. The van der Waals surface area contributed by atoms with Crippen LogP contribution in [-0.4, -0.2) is 9.85 Å². The lowest BCUT2D eigenvalue weighted by Crippen LogP contribution is -2.09. The van der Waals surface area contributed by atoms with Crippen molar-refractivity contribution < 1.29 is 23.0 Å². The maximum Gasteiger partial charge on any atom is 0.416 e. The van der Waals surface area contributed by atoms with Gasteiger partial charge in [0.05, 0.1) is 15.4 Å². The number of rotatable bonds is 3. The lowest BCUT2D eigenvalue weighted by atomic mass is 10.0. The van der Waals surface area contributed by atoms with Crippen LogP contribution in [0.3, 0.4) is 0 Å². The normalized spacial score (nSPS) is 15.3. The van der Waals surface area contributed by atoms with Gasteiger partial charge in [0.2, 0.25) is 0 Å². The fraction of sp³-hybridized carbons (Fsp3) is 0.400. The van der Waals surface area contributed by atoms with Crippen LogP contribution in [-0.2, 0) is 6.18 Å². The zero-order valence-corrected chi connectivity index (χ0v) is 9.31. The molecule has 1 aromatic carbocycles. The molecule has 1 aliphatic rings. The number of hydrogen-bond donors (Lipinski definition) is 0. The van der Waals surface area contributed by atoms with Crippen molar-refractivity contribution in [1.82, 2.24) is 0 Å². The topological polar surface area (TPSA) is 86.3 Å². The number of nitro benzene ring substituents is 2. The Morgan fingerprint density at radius 1 is 1.05 bits per heavy atom. The third-order valence-electron chi connectivity index (χ3n) is 2.84. The van der Waals surface area contributed by atoms with Gasteiger partial charge < -0.3 is 0 Å². The highest BCUT2D eigenvalue weighted by Crippen LogP contribution is 2.50. The monoisotopic (exact) mass is 276 g/mol. The van der Waals surface area contributed by atoms with Crippen molar-refractivity contribution in [3.05, 3.63) is 43.5 Å². The molecule has 1 saturated carbocycles. The maximum atomic E-state index is 12.6. The summed E-state index contributed by atoms with van der Waals surface area (Å²) in [5.74, 6) is -0.400. The van der Waals surface area contributed by atoms with Crippen LogP contribution in [0.25, 0.3) is 0 Å². The SMILES string of the molecule is O=[N+]([O-])c1cc(C(F)(F)F)cc([N+](=O)[O-])c1C1CC1. The summed E-state index contributed by atoms with van der Waals surface area (Å²) in [7, 11) is 0. The first-order valence-electron chi connectivity index (χ1n) is 5.25. The third kappa shape index (κ3) is 2.49. The average Bonchev–Trinajstić information content (AvgIpc) is 3.09. The summed E-state index contributed by atoms with van der Waals surface area (Å²) < 4.78 is 37.7. The lowest BCUT2D eigenvalue weighted by Gasteiger charge is -2.09. The van der Waals surface area contributed by atoms with Gasteiger partial charge in [0.15, 0.2) is 0 Å². The molecule has 1 aliphatic carbocycles. The fourth-order valence-electron chi connectivity index (χ4n) is 1.88. The number of nitro groups is 2. The van der Waals surface area contributed by atoms with Crippen LogP contribution < -0.4 is 0 Å². The smallest absolute Gasteiger partial charge is 0.258 e. The van der Waals surface area contributed by atoms with E-state index in [1.165, 1.54) is 0 Å². The van der Waals surface area contributed by atoms with Gasteiger partial charge in [-0.3, -0.25) is 20.2 Å². The summed E-state index contributed by atoms with van der Waals surface area (Å²) in [6.07, 6.45) is -3.85. The van der Waals surface area contributed by atoms with Crippen LogP contribution >= 0.6 is 0 Å². The number of alkyl halides is 3. The molecule has 0 N–H and O–H groups in total. The molecule has 0 atom stereocenters. The van der Waals surface area contributed by atoms with Gasteiger partial charge in [-0.2, -0.15) is 13.2 Å². The molecule has 0 saturated heterocycles. The molecule has 19 heavy (non-hydrogen) atoms. The van der Waals surface area contributed by atoms with E-state index >= 15 is 0 Å². The van der Waals surface area contributed by atoms with E-state index in [0.29, 0.717) is 25.0 Å². The fourth-order valence-corrected chi connectivity index (χ4v) is 1.88. The summed E-state index contributed by atoms with van der Waals surface area (Å²) >= 11 is 0. The molecule has 6 nitrogen and oxygen atoms in total. The zero-order valence-electron chi connectivity index (χ0n) is 9.31. The minimum Gasteiger partial charge on any atom is -0.258 e. The van der Waals surface area contributed by atoms with Gasteiger partial charge in [-0.05, 0) is 18.8 Å². The molecular weight excluding hydrogens is 269 g/mol. The average molecular weight is 276 g/mol. The van der Waals surface area contributed by atoms with E-state index in [4.69, 9.17) is 0 Å². The van der Waals surface area contributed by atoms with E-state index in [-0.39, 0.29) is 5.56 Å². The Kier molecular flexibility index (Phi) is 2.91. The van der Waals surface area contributed by atoms with E-state index in [1.54, 1.807) is 0 Å². The molecule has 1 fully saturated rings. The van der Waals surface area contributed by atoms with Crippen molar-refractivity contribution in [2.45, 2.75) is 24.9 Å². The summed E-state index contributed by atoms with van der Waals surface area (Å²) in [5, 5.41) is 21.6. The molecule has 102 valence electrons. The second kappa shape index (κ2) is 4.18. The van der Waals surface area contributed by atoms with Gasteiger partial charge in [0, 0.05) is 12.1 Å². The van der Waals surface area contributed by atoms with E-state index in [0.717, 1.165) is 0 Å². The summed E-state index contributed by atoms with van der Waals surface area (Å²) in [6.45, 7) is 0. The van der Waals surface area contributed by atoms with E-state index < -0.39 is 38.9 Å². The number of nitrogens with zero attached hydrogens (tertiary/aromatic N) is 2. The zero-order chi connectivity index (χ0) is 14.4. The van der Waals surface area contributed by atoms with Crippen LogP contribution in [0.15, 0.2) is 12.1 Å². The molecule has 0 bridgehead atoms. The van der Waals surface area contributed by atoms with Crippen molar-refractivity contribution in [1.29, 1.82) is 0 Å². The predicted octanol–water partition coefficient (Wildman–Crippen LogP) is 3.40. The first-order valence-corrected chi connectivity index (χ1v) is 5.25. The lowest BCUT2D eigenvalue weighted by molar-refractivity contribution is -0.396. The Labute approximate surface area is 104 Å². The Hall–Kier alpha value is -2.19. The molecule has 0 radical (unpaired) electrons. The molecule has 1 aromatic rings. The highest BCUT2D eigenvalue weighted by atomic mass is 19.4. The van der Waals surface area contributed by atoms with Gasteiger partial charge in [0.1, 0.15) is 5.56 Å². The van der Waals surface area contributed by atoms with Crippen LogP contribution in [0.4, 0.5) is 24.5 Å². The van der Waals surface area contributed by atoms with Gasteiger partial charge in [0.25, 0.3) is 11.4 Å². The summed E-state index contributed by atoms with van der Waals surface area (Å²) in [6, 6.07) is 0.724. The Morgan fingerprint density at radius 2 is 1.47 bits per heavy atom. The van der Waals surface area contributed by atoms with Gasteiger partial charge in [-0.15, -0.1) is 0 Å². The van der Waals surface area contributed by atoms with Crippen molar-refractivity contribution in [2.75, 3.05) is 0 Å². The van der Waals surface area contributed by atoms with E-state index in [9.17, 15) is 33.4 Å². The minimum atomic E-state index is -4.86. The molecule has 0 heterocycles. The highest BCUT2D eigenvalue weighted by Gasteiger charge is 2.42. The Balaban J connectivity index is 2.72. The van der Waals surface area contributed by atoms with E-state index in [2.05, 4.69) is 0 Å². The second-order valence-corrected chi connectivity index (χ2v) is 4.21. The van der Waals surface area contributed by atoms with Crippen LogP contribution in [0.5, 0.6) is 0 Å². The van der Waals surface area contributed by atoms with Crippen molar-refractivity contribution in [3.63, 3.8) is 0 Å². The molecular formula is C10H7F3N2O4. The van der Waals surface area contributed by atoms with Crippen LogP contribution in [0.1, 0.15) is 29.9 Å². The van der Waals surface area contributed by atoms with Crippen molar-refractivity contribution >= 4 is 11.4 Å². The maximum absolute atomic E-state index is 12.6. The molecule has 0 spiro atoms. The quantitative estimate of drug-likeness (QED) is 0.625. The first kappa shape index (κ1) is 13.2. The van der Waals surface area contributed by atoms with Crippen molar-refractivity contribution in [2.24, 2.45) is 0 Å². The summed E-state index contributed by atoms with van der Waals surface area (Å²) in [4.78, 5) is 19.6. The Bertz CT molecular complexity index is 531. The molecule has 2 rings (SSSR count). The minimum absolute atomic E-state index is 0.206. The van der Waals surface area contributed by atoms with Gasteiger partial charge in [-0.1, -0.05) is 0 Å². The summed E-state index contributed by atoms with van der Waals surface area (Å²) in [5.41, 5.74) is -3.24. The largest absolute Gasteiger partial charge is 0.416 e. The third-order valence-corrected chi connectivity index (χ3v) is 2.84. The van der Waals surface area contributed by atoms with Gasteiger partial charge >= 0.3 is 6.18 Å². The van der Waals surface area contributed by atoms with Crippen LogP contribution in [0, 0.1) is 20.2 Å². The number of halogens is 3. The second-order valence-electron chi connectivity index (χ2n) is 4.21. The van der Waals surface area contributed by atoms with Crippen LogP contribution in [0.2, 0.25) is 0 Å². The van der Waals surface area contributed by atoms with Crippen molar-refractivity contribution in [3.8, 4) is 0 Å². The number of benzene rings is 1. The number of hydrogen-bond acceptors (Lipinski definition) is 4.